The molecule has 2 N–H and O–H groups in total. The van der Waals surface area contributed by atoms with Crippen LogP contribution < -0.4 is 5.73 Å². The van der Waals surface area contributed by atoms with Crippen molar-refractivity contribution >= 4 is 5.91 Å². The van der Waals surface area contributed by atoms with Crippen molar-refractivity contribution in [2.75, 3.05) is 6.54 Å². The Balaban J connectivity index is 2.08. The minimum absolute atomic E-state index is 0.224. The van der Waals surface area contributed by atoms with Crippen molar-refractivity contribution in [1.29, 1.82) is 0 Å². The van der Waals surface area contributed by atoms with E-state index in [1.165, 1.54) is 5.56 Å². The number of piperidine rings is 1. The molecule has 0 radical (unpaired) electrons. The van der Waals surface area contributed by atoms with Gasteiger partial charge in [0.1, 0.15) is 0 Å². The van der Waals surface area contributed by atoms with Gasteiger partial charge >= 0.3 is 0 Å². The lowest BCUT2D eigenvalue weighted by atomic mass is 10.0. The summed E-state index contributed by atoms with van der Waals surface area (Å²) < 4.78 is 0. The van der Waals surface area contributed by atoms with Crippen LogP contribution in [-0.4, -0.2) is 23.4 Å². The maximum atomic E-state index is 11.8. The molecule has 0 bridgehead atoms. The SMILES string of the molecule is NC[C@@H]1CCCC(=O)N1Cc1ccccc1. The van der Waals surface area contributed by atoms with Crippen molar-refractivity contribution in [1.82, 2.24) is 4.90 Å². The molecule has 1 aromatic carbocycles. The van der Waals surface area contributed by atoms with E-state index in [2.05, 4.69) is 12.1 Å². The number of benzene rings is 1. The lowest BCUT2D eigenvalue weighted by Crippen LogP contribution is -2.46. The van der Waals surface area contributed by atoms with Gasteiger partial charge in [-0.05, 0) is 18.4 Å². The number of carbonyl (C=O) groups is 1. The summed E-state index contributed by atoms with van der Waals surface area (Å²) in [5.74, 6) is 0.241. The number of rotatable bonds is 3. The molecule has 1 fully saturated rings. The van der Waals surface area contributed by atoms with Gasteiger partial charge in [0.15, 0.2) is 0 Å². The fraction of sp³-hybridized carbons (Fsp3) is 0.462. The Labute approximate surface area is 96.2 Å². The molecule has 0 aliphatic carbocycles. The van der Waals surface area contributed by atoms with Gasteiger partial charge in [0.25, 0.3) is 0 Å². The third-order valence-corrected chi connectivity index (χ3v) is 3.16. The molecule has 3 heteroatoms. The summed E-state index contributed by atoms with van der Waals surface area (Å²) in [5, 5.41) is 0. The van der Waals surface area contributed by atoms with Crippen LogP contribution in [-0.2, 0) is 11.3 Å². The molecule has 1 amide bonds. The summed E-state index contributed by atoms with van der Waals surface area (Å²) in [6, 6.07) is 10.3. The lowest BCUT2D eigenvalue weighted by molar-refractivity contribution is -0.136. The van der Waals surface area contributed by atoms with Crippen molar-refractivity contribution in [2.24, 2.45) is 5.73 Å². The van der Waals surface area contributed by atoms with Crippen LogP contribution in [0.2, 0.25) is 0 Å². The Hall–Kier alpha value is -1.35. The number of carbonyl (C=O) groups excluding carboxylic acids is 1. The zero-order chi connectivity index (χ0) is 11.4. The maximum absolute atomic E-state index is 11.8. The van der Waals surface area contributed by atoms with Crippen LogP contribution in [0.25, 0.3) is 0 Å². The van der Waals surface area contributed by atoms with Crippen LogP contribution in [0, 0.1) is 0 Å². The van der Waals surface area contributed by atoms with E-state index in [4.69, 9.17) is 5.73 Å². The Morgan fingerprint density at radius 3 is 2.75 bits per heavy atom. The van der Waals surface area contributed by atoms with Crippen molar-refractivity contribution in [3.05, 3.63) is 35.9 Å². The summed E-state index contributed by atoms with van der Waals surface area (Å²) in [6.07, 6.45) is 2.68. The predicted molar refractivity (Wildman–Crippen MR) is 63.7 cm³/mol. The zero-order valence-electron chi connectivity index (χ0n) is 9.43. The number of likely N-dealkylation sites (tertiary alicyclic amines) is 1. The smallest absolute Gasteiger partial charge is 0.223 e. The van der Waals surface area contributed by atoms with Crippen LogP contribution in [0.5, 0.6) is 0 Å². The van der Waals surface area contributed by atoms with Gasteiger partial charge < -0.3 is 10.6 Å². The van der Waals surface area contributed by atoms with Gasteiger partial charge in [-0.3, -0.25) is 4.79 Å². The summed E-state index contributed by atoms with van der Waals surface area (Å²) in [4.78, 5) is 13.8. The number of hydrogen-bond donors (Lipinski definition) is 1. The highest BCUT2D eigenvalue weighted by atomic mass is 16.2. The molecule has 2 rings (SSSR count). The number of amides is 1. The van der Waals surface area contributed by atoms with Crippen LogP contribution in [0.1, 0.15) is 24.8 Å². The van der Waals surface area contributed by atoms with E-state index in [1.54, 1.807) is 0 Å². The largest absolute Gasteiger partial charge is 0.334 e. The minimum Gasteiger partial charge on any atom is -0.334 e. The van der Waals surface area contributed by atoms with Gasteiger partial charge in [0.05, 0.1) is 0 Å². The topological polar surface area (TPSA) is 46.3 Å². The van der Waals surface area contributed by atoms with Gasteiger partial charge in [-0.15, -0.1) is 0 Å². The normalized spacial score (nSPS) is 21.2. The van der Waals surface area contributed by atoms with E-state index in [-0.39, 0.29) is 11.9 Å². The Morgan fingerprint density at radius 2 is 2.06 bits per heavy atom. The van der Waals surface area contributed by atoms with Crippen LogP contribution >= 0.6 is 0 Å². The molecule has 16 heavy (non-hydrogen) atoms. The highest BCUT2D eigenvalue weighted by Crippen LogP contribution is 2.19. The standard InChI is InChI=1S/C13H18N2O/c14-9-12-7-4-8-13(16)15(12)10-11-5-2-1-3-6-11/h1-3,5-6,12H,4,7-10,14H2/t12-/m0/s1. The molecular formula is C13H18N2O. The van der Waals surface area contributed by atoms with Crippen LogP contribution in [0.15, 0.2) is 30.3 Å². The monoisotopic (exact) mass is 218 g/mol. The van der Waals surface area contributed by atoms with Crippen molar-refractivity contribution < 1.29 is 4.79 Å². The fourth-order valence-electron chi connectivity index (χ4n) is 2.23. The van der Waals surface area contributed by atoms with E-state index >= 15 is 0 Å². The first-order valence-corrected chi connectivity index (χ1v) is 5.84. The molecule has 1 aromatic rings. The average Bonchev–Trinajstić information content (AvgIpc) is 2.33. The number of hydrogen-bond acceptors (Lipinski definition) is 2. The van der Waals surface area contributed by atoms with E-state index in [0.717, 1.165) is 12.8 Å². The van der Waals surface area contributed by atoms with Gasteiger partial charge in [0, 0.05) is 25.6 Å². The molecule has 1 aliphatic heterocycles. The molecule has 1 atom stereocenters. The summed E-state index contributed by atoms with van der Waals surface area (Å²) in [7, 11) is 0. The fourth-order valence-corrected chi connectivity index (χ4v) is 2.23. The van der Waals surface area contributed by atoms with Gasteiger partial charge in [0.2, 0.25) is 5.91 Å². The average molecular weight is 218 g/mol. The first kappa shape index (κ1) is 11.1. The van der Waals surface area contributed by atoms with E-state index < -0.39 is 0 Å². The number of nitrogens with two attached hydrogens (primary N) is 1. The third kappa shape index (κ3) is 2.42. The van der Waals surface area contributed by atoms with E-state index in [1.807, 2.05) is 23.1 Å². The number of nitrogens with zero attached hydrogens (tertiary/aromatic N) is 1. The molecule has 3 nitrogen and oxygen atoms in total. The van der Waals surface area contributed by atoms with Crippen LogP contribution in [0.4, 0.5) is 0 Å². The van der Waals surface area contributed by atoms with Crippen molar-refractivity contribution in [3.8, 4) is 0 Å². The summed E-state index contributed by atoms with van der Waals surface area (Å²) in [5.41, 5.74) is 6.89. The van der Waals surface area contributed by atoms with Gasteiger partial charge in [-0.25, -0.2) is 0 Å². The minimum atomic E-state index is 0.224. The molecule has 0 spiro atoms. The molecule has 0 unspecified atom stereocenters. The highest BCUT2D eigenvalue weighted by Gasteiger charge is 2.26. The lowest BCUT2D eigenvalue weighted by Gasteiger charge is -2.35. The Morgan fingerprint density at radius 1 is 1.31 bits per heavy atom. The molecule has 1 aliphatic rings. The highest BCUT2D eigenvalue weighted by molar-refractivity contribution is 5.77. The van der Waals surface area contributed by atoms with Crippen molar-refractivity contribution in [3.63, 3.8) is 0 Å². The molecule has 0 aromatic heterocycles. The second-order valence-electron chi connectivity index (χ2n) is 4.29. The summed E-state index contributed by atoms with van der Waals surface area (Å²) >= 11 is 0. The van der Waals surface area contributed by atoms with Crippen LogP contribution in [0.3, 0.4) is 0 Å². The van der Waals surface area contributed by atoms with E-state index in [0.29, 0.717) is 19.5 Å². The van der Waals surface area contributed by atoms with Gasteiger partial charge in [-0.2, -0.15) is 0 Å². The molecule has 86 valence electrons. The quantitative estimate of drug-likeness (QED) is 0.836. The Bertz CT molecular complexity index is 350. The first-order valence-electron chi connectivity index (χ1n) is 5.84. The van der Waals surface area contributed by atoms with Gasteiger partial charge in [-0.1, -0.05) is 30.3 Å². The van der Waals surface area contributed by atoms with E-state index in [9.17, 15) is 4.79 Å². The molecular weight excluding hydrogens is 200 g/mol. The maximum Gasteiger partial charge on any atom is 0.223 e. The second kappa shape index (κ2) is 5.12. The zero-order valence-corrected chi connectivity index (χ0v) is 9.43. The van der Waals surface area contributed by atoms with Crippen molar-refractivity contribution in [2.45, 2.75) is 31.8 Å². The summed E-state index contributed by atoms with van der Waals surface area (Å²) in [6.45, 7) is 1.26. The Kier molecular flexibility index (Phi) is 3.57. The predicted octanol–water partition coefficient (Wildman–Crippen LogP) is 1.53. The third-order valence-electron chi connectivity index (χ3n) is 3.16. The molecule has 1 saturated heterocycles. The second-order valence-corrected chi connectivity index (χ2v) is 4.29. The first-order chi connectivity index (χ1) is 7.81. The molecule has 0 saturated carbocycles. The molecule has 1 heterocycles.